The van der Waals surface area contributed by atoms with Crippen LogP contribution in [-0.4, -0.2) is 52.0 Å². The number of nitrogens with zero attached hydrogens (tertiary/aromatic N) is 1. The minimum atomic E-state index is -3.95. The molecule has 0 unspecified atom stereocenters. The fraction of sp³-hybridized carbons (Fsp3) is 0.188. The lowest BCUT2D eigenvalue weighted by Crippen LogP contribution is -2.45. The number of amides is 2. The van der Waals surface area contributed by atoms with E-state index in [4.69, 9.17) is 21.1 Å². The van der Waals surface area contributed by atoms with Crippen molar-refractivity contribution >= 4 is 39.1 Å². The van der Waals surface area contributed by atoms with Crippen molar-refractivity contribution in [3.05, 3.63) is 125 Å². The van der Waals surface area contributed by atoms with Gasteiger partial charge in [-0.05, 0) is 71.8 Å². The van der Waals surface area contributed by atoms with Crippen LogP contribution in [0.2, 0.25) is 5.02 Å². The van der Waals surface area contributed by atoms with Gasteiger partial charge in [0.25, 0.3) is 15.9 Å². The maximum Gasteiger partial charge on any atom is 0.261 e. The second-order valence-electron chi connectivity index (χ2n) is 9.62. The number of carbonyl (C=O) groups is 2. The lowest BCUT2D eigenvalue weighted by molar-refractivity contribution is -0.143. The summed E-state index contributed by atoms with van der Waals surface area (Å²) in [5.41, 5.74) is 1.56. The Kier molecular flexibility index (Phi) is 11.3. The van der Waals surface area contributed by atoms with Gasteiger partial charge in [-0.2, -0.15) is 0 Å². The molecule has 0 bridgehead atoms. The quantitative estimate of drug-likeness (QED) is 0.184. The van der Waals surface area contributed by atoms with Crippen LogP contribution >= 0.6 is 11.6 Å². The van der Waals surface area contributed by atoms with Crippen LogP contribution in [0.4, 0.5) is 10.1 Å². The summed E-state index contributed by atoms with van der Waals surface area (Å²) in [6, 6.07) is 25.3. The lowest BCUT2D eigenvalue weighted by atomic mass is 10.0. The van der Waals surface area contributed by atoms with E-state index in [1.165, 1.54) is 48.4 Å². The largest absolute Gasteiger partial charge is 0.484 e. The van der Waals surface area contributed by atoms with Gasteiger partial charge in [0.2, 0.25) is 5.91 Å². The van der Waals surface area contributed by atoms with Gasteiger partial charge in [0.15, 0.2) is 6.61 Å². The van der Waals surface area contributed by atoms with Gasteiger partial charge >= 0.3 is 0 Å². The first-order valence-electron chi connectivity index (χ1n) is 13.5. The number of ether oxygens (including phenoxy) is 2. The summed E-state index contributed by atoms with van der Waals surface area (Å²) in [6.45, 7) is 0.209. The van der Waals surface area contributed by atoms with Gasteiger partial charge in [0.05, 0.1) is 11.5 Å². The molecule has 0 heterocycles. The third-order valence-corrected chi connectivity index (χ3v) is 8.11. The van der Waals surface area contributed by atoms with Crippen LogP contribution in [0.3, 0.4) is 0 Å². The normalized spacial score (nSPS) is 11.8. The van der Waals surface area contributed by atoms with Gasteiger partial charge in [-0.15, -0.1) is 0 Å². The smallest absolute Gasteiger partial charge is 0.261 e. The molecule has 9 nitrogen and oxygen atoms in total. The molecule has 0 fully saturated rings. The SMILES string of the molecule is COCCNC(=O)[C@@H](c1ccccc1)N(Cc1ccc(Cl)cc1)C(=O)COc1ccc(S(=O)(=O)Nc2ccc(F)cc2)cc1. The molecule has 0 aromatic heterocycles. The van der Waals surface area contributed by atoms with Gasteiger partial charge in [-0.1, -0.05) is 54.1 Å². The van der Waals surface area contributed by atoms with E-state index in [0.717, 1.165) is 17.7 Å². The Morgan fingerprint density at radius 2 is 1.57 bits per heavy atom. The van der Waals surface area contributed by atoms with Crippen molar-refractivity contribution in [2.45, 2.75) is 17.5 Å². The monoisotopic (exact) mass is 639 g/mol. The summed E-state index contributed by atoms with van der Waals surface area (Å²) < 4.78 is 51.9. The molecule has 0 saturated heterocycles. The molecule has 0 aliphatic heterocycles. The zero-order chi connectivity index (χ0) is 31.5. The average Bonchev–Trinajstić information content (AvgIpc) is 3.02. The number of benzene rings is 4. The van der Waals surface area contributed by atoms with Crippen molar-refractivity contribution < 1.29 is 31.9 Å². The Hall–Kier alpha value is -4.45. The first kappa shape index (κ1) is 32.5. The number of carbonyl (C=O) groups excluding carboxylic acids is 2. The van der Waals surface area contributed by atoms with Gasteiger partial charge in [0.1, 0.15) is 17.6 Å². The first-order valence-corrected chi connectivity index (χ1v) is 15.4. The molecular formula is C32H31ClFN3O6S. The van der Waals surface area contributed by atoms with Crippen LogP contribution < -0.4 is 14.8 Å². The standard InChI is InChI=1S/C32H31ClFN3O6S/c1-42-20-19-35-32(39)31(24-5-3-2-4-6-24)37(21-23-7-9-25(33)10-8-23)30(38)22-43-28-15-17-29(18-16-28)44(40,41)36-27-13-11-26(34)12-14-27/h2-18,31,36H,19-22H2,1H3,(H,35,39)/t31-/m1/s1. The molecule has 2 amide bonds. The molecule has 4 rings (SSSR count). The highest BCUT2D eigenvalue weighted by Gasteiger charge is 2.31. The fourth-order valence-electron chi connectivity index (χ4n) is 4.27. The Morgan fingerprint density at radius 1 is 0.909 bits per heavy atom. The van der Waals surface area contributed by atoms with E-state index in [2.05, 4.69) is 10.0 Å². The highest BCUT2D eigenvalue weighted by Crippen LogP contribution is 2.25. The minimum absolute atomic E-state index is 0.0539. The minimum Gasteiger partial charge on any atom is -0.484 e. The van der Waals surface area contributed by atoms with Crippen molar-refractivity contribution in [3.63, 3.8) is 0 Å². The molecule has 0 radical (unpaired) electrons. The average molecular weight is 640 g/mol. The molecule has 0 saturated carbocycles. The molecule has 0 aliphatic rings. The summed E-state index contributed by atoms with van der Waals surface area (Å²) in [4.78, 5) is 28.6. The maximum absolute atomic E-state index is 13.7. The summed E-state index contributed by atoms with van der Waals surface area (Å²) >= 11 is 6.06. The van der Waals surface area contributed by atoms with Crippen molar-refractivity contribution in [3.8, 4) is 5.75 Å². The van der Waals surface area contributed by atoms with Gasteiger partial charge in [-0.3, -0.25) is 14.3 Å². The number of sulfonamides is 1. The van der Waals surface area contributed by atoms with E-state index in [1.54, 1.807) is 48.5 Å². The van der Waals surface area contributed by atoms with Crippen LogP contribution in [0.25, 0.3) is 0 Å². The van der Waals surface area contributed by atoms with Crippen LogP contribution in [0.5, 0.6) is 5.75 Å². The Balaban J connectivity index is 1.53. The van der Waals surface area contributed by atoms with Crippen LogP contribution in [0.15, 0.2) is 108 Å². The van der Waals surface area contributed by atoms with E-state index < -0.39 is 40.3 Å². The first-order chi connectivity index (χ1) is 21.2. The summed E-state index contributed by atoms with van der Waals surface area (Å²) in [7, 11) is -2.43. The summed E-state index contributed by atoms with van der Waals surface area (Å²) in [6.07, 6.45) is 0. The van der Waals surface area contributed by atoms with Gasteiger partial charge < -0.3 is 19.7 Å². The molecule has 4 aromatic rings. The number of anilines is 1. The van der Waals surface area contributed by atoms with Crippen molar-refractivity contribution in [1.82, 2.24) is 10.2 Å². The molecule has 1 atom stereocenters. The molecule has 0 aliphatic carbocycles. The van der Waals surface area contributed by atoms with Gasteiger partial charge in [-0.25, -0.2) is 12.8 Å². The van der Waals surface area contributed by atoms with E-state index in [0.29, 0.717) is 17.2 Å². The summed E-state index contributed by atoms with van der Waals surface area (Å²) in [5.74, 6) is -1.12. The van der Waals surface area contributed by atoms with Crippen molar-refractivity contribution in [2.24, 2.45) is 0 Å². The molecule has 4 aromatic carbocycles. The number of hydrogen-bond donors (Lipinski definition) is 2. The molecule has 12 heteroatoms. The number of nitrogens with one attached hydrogen (secondary N) is 2. The van der Waals surface area contributed by atoms with Gasteiger partial charge in [0, 0.05) is 30.9 Å². The topological polar surface area (TPSA) is 114 Å². The Bertz CT molecular complexity index is 1640. The van der Waals surface area contributed by atoms with E-state index in [1.807, 2.05) is 6.07 Å². The lowest BCUT2D eigenvalue weighted by Gasteiger charge is -2.31. The van der Waals surface area contributed by atoms with Crippen LogP contribution in [0.1, 0.15) is 17.2 Å². The predicted molar refractivity (Wildman–Crippen MR) is 165 cm³/mol. The number of rotatable bonds is 14. The summed E-state index contributed by atoms with van der Waals surface area (Å²) in [5, 5.41) is 3.36. The molecule has 44 heavy (non-hydrogen) atoms. The van der Waals surface area contributed by atoms with Crippen molar-refractivity contribution in [2.75, 3.05) is 31.6 Å². The fourth-order valence-corrected chi connectivity index (χ4v) is 5.45. The van der Waals surface area contributed by atoms with E-state index in [-0.39, 0.29) is 29.4 Å². The van der Waals surface area contributed by atoms with E-state index >= 15 is 0 Å². The molecule has 230 valence electrons. The zero-order valence-electron chi connectivity index (χ0n) is 23.8. The Morgan fingerprint density at radius 3 is 2.20 bits per heavy atom. The number of halogens is 2. The second kappa shape index (κ2) is 15.3. The number of methoxy groups -OCH3 is 1. The third-order valence-electron chi connectivity index (χ3n) is 6.46. The van der Waals surface area contributed by atoms with Crippen LogP contribution in [0, 0.1) is 5.82 Å². The maximum atomic E-state index is 13.7. The third kappa shape index (κ3) is 9.03. The Labute approximate surface area is 260 Å². The highest BCUT2D eigenvalue weighted by molar-refractivity contribution is 7.92. The number of hydrogen-bond acceptors (Lipinski definition) is 6. The van der Waals surface area contributed by atoms with Crippen molar-refractivity contribution in [1.29, 1.82) is 0 Å². The molecular weight excluding hydrogens is 609 g/mol. The predicted octanol–water partition coefficient (Wildman–Crippen LogP) is 5.19. The molecule has 2 N–H and O–H groups in total. The molecule has 0 spiro atoms. The van der Waals surface area contributed by atoms with Crippen LogP contribution in [-0.2, 0) is 30.9 Å². The highest BCUT2D eigenvalue weighted by atomic mass is 35.5. The van der Waals surface area contributed by atoms with E-state index in [9.17, 15) is 22.4 Å². The second-order valence-corrected chi connectivity index (χ2v) is 11.7. The zero-order valence-corrected chi connectivity index (χ0v) is 25.4.